The minimum Gasteiger partial charge on any atom is -0.473 e. The number of hydrogen-bond acceptors (Lipinski definition) is 5. The highest BCUT2D eigenvalue weighted by atomic mass is 16.7. The number of para-hydroxylation sites is 1. The maximum Gasteiger partial charge on any atom is 0.414 e. The number of hydroxylamine groups is 1. The molecule has 4 rings (SSSR count). The van der Waals surface area contributed by atoms with Crippen LogP contribution in [0.1, 0.15) is 29.2 Å². The van der Waals surface area contributed by atoms with E-state index in [9.17, 15) is 0 Å². The zero-order valence-corrected chi connectivity index (χ0v) is 15.0. The largest absolute Gasteiger partial charge is 0.473 e. The molecule has 3 N–H and O–H groups in total. The fourth-order valence-electron chi connectivity index (χ4n) is 3.55. The first-order chi connectivity index (χ1) is 13.0. The van der Waals surface area contributed by atoms with E-state index in [1.54, 1.807) is 0 Å². The summed E-state index contributed by atoms with van der Waals surface area (Å²) in [5, 5.41) is 20.2. The van der Waals surface area contributed by atoms with Gasteiger partial charge in [0.25, 0.3) is 0 Å². The molecule has 7 nitrogen and oxygen atoms in total. The molecule has 7 heteroatoms. The van der Waals surface area contributed by atoms with Crippen LogP contribution < -0.4 is 10.4 Å². The van der Waals surface area contributed by atoms with Gasteiger partial charge in [0.1, 0.15) is 6.10 Å². The summed E-state index contributed by atoms with van der Waals surface area (Å²) in [6, 6.07) is 17.7. The van der Waals surface area contributed by atoms with Crippen molar-refractivity contribution in [2.45, 2.75) is 25.0 Å². The van der Waals surface area contributed by atoms with Crippen LogP contribution in [-0.2, 0) is 20.8 Å². The molecule has 0 aliphatic carbocycles. The first kappa shape index (κ1) is 18.9. The van der Waals surface area contributed by atoms with Gasteiger partial charge in [-0.3, -0.25) is 4.84 Å². The number of likely N-dealkylation sites (N-methyl/N-ethyl adjacent to an activating group) is 1. The van der Waals surface area contributed by atoms with Crippen molar-refractivity contribution in [2.75, 3.05) is 18.7 Å². The Morgan fingerprint density at radius 1 is 1.07 bits per heavy atom. The molecule has 2 aliphatic rings. The Labute approximate surface area is 157 Å². The Kier molecular flexibility index (Phi) is 5.73. The number of anilines is 1. The molecule has 0 amide bonds. The highest BCUT2D eigenvalue weighted by Crippen LogP contribution is 2.43. The summed E-state index contributed by atoms with van der Waals surface area (Å²) in [5.41, 5.74) is 5.40. The van der Waals surface area contributed by atoms with Gasteiger partial charge in [0.2, 0.25) is 0 Å². The second-order valence-electron chi connectivity index (χ2n) is 6.48. The lowest BCUT2D eigenvalue weighted by Crippen LogP contribution is -2.26. The molecule has 2 aliphatic heterocycles. The first-order valence-corrected chi connectivity index (χ1v) is 8.73. The average Bonchev–Trinajstić information content (AvgIpc) is 3.01. The van der Waals surface area contributed by atoms with E-state index >= 15 is 0 Å². The zero-order chi connectivity index (χ0) is 19.4. The molecule has 2 unspecified atom stereocenters. The van der Waals surface area contributed by atoms with E-state index in [0.717, 1.165) is 19.4 Å². The van der Waals surface area contributed by atoms with Gasteiger partial charge in [-0.25, -0.2) is 14.7 Å². The van der Waals surface area contributed by atoms with E-state index in [1.165, 1.54) is 22.4 Å². The van der Waals surface area contributed by atoms with Gasteiger partial charge in [-0.15, -0.1) is 0 Å². The molecule has 1 saturated heterocycles. The Morgan fingerprint density at radius 2 is 1.70 bits per heavy atom. The van der Waals surface area contributed by atoms with E-state index in [1.807, 2.05) is 7.05 Å². The average molecular weight is 370 g/mol. The Bertz CT molecular complexity index is 773. The number of carbonyl (C=O) groups is 2. The van der Waals surface area contributed by atoms with Gasteiger partial charge < -0.3 is 15.5 Å². The second kappa shape index (κ2) is 8.20. The Morgan fingerprint density at radius 3 is 2.37 bits per heavy atom. The third-order valence-corrected chi connectivity index (χ3v) is 4.67. The van der Waals surface area contributed by atoms with Crippen LogP contribution in [0.2, 0.25) is 0 Å². The van der Waals surface area contributed by atoms with Crippen molar-refractivity contribution in [3.05, 3.63) is 65.2 Å². The highest BCUT2D eigenvalue weighted by Gasteiger charge is 2.38. The summed E-state index contributed by atoms with van der Waals surface area (Å²) >= 11 is 0. The molecule has 2 atom stereocenters. The van der Waals surface area contributed by atoms with Crippen molar-refractivity contribution < 1.29 is 24.6 Å². The summed E-state index contributed by atoms with van der Waals surface area (Å²) in [7, 11) is 1.98. The minimum absolute atomic E-state index is 0.235. The van der Waals surface area contributed by atoms with Gasteiger partial charge in [-0.05, 0) is 36.2 Å². The van der Waals surface area contributed by atoms with Crippen molar-refractivity contribution in [2.24, 2.45) is 0 Å². The molecule has 0 spiro atoms. The van der Waals surface area contributed by atoms with Crippen LogP contribution >= 0.6 is 0 Å². The van der Waals surface area contributed by atoms with Crippen LogP contribution in [0, 0.1) is 0 Å². The predicted octanol–water partition coefficient (Wildman–Crippen LogP) is 2.22. The van der Waals surface area contributed by atoms with E-state index in [2.05, 4.69) is 58.9 Å². The van der Waals surface area contributed by atoms with Crippen LogP contribution in [0.5, 0.6) is 0 Å². The molecular formula is C20H22N2O5. The number of aliphatic carboxylic acids is 2. The monoisotopic (exact) mass is 370 g/mol. The standard InChI is InChI=1S/C18H20N2O.C2H2O4/c1-19-12-15-11-18-16-8-4-2-6-13(16)10-14-7-3-5-9-17(14)20(18)21-15;3-1(4)2(5)6/h2-9,15,18-19H,10-12H2,1H3;(H,3,4)(H,5,6). The van der Waals surface area contributed by atoms with Gasteiger partial charge in [-0.2, -0.15) is 0 Å². The fraction of sp³-hybridized carbons (Fsp3) is 0.300. The lowest BCUT2D eigenvalue weighted by Gasteiger charge is -2.25. The number of benzene rings is 2. The number of carboxylic acid groups (broad SMARTS) is 2. The van der Waals surface area contributed by atoms with Gasteiger partial charge in [0.15, 0.2) is 0 Å². The number of rotatable bonds is 2. The SMILES string of the molecule is CNCC1CC2c3ccccc3Cc3ccccc3N2O1.O=C(O)C(=O)O. The molecular weight excluding hydrogens is 348 g/mol. The maximum atomic E-state index is 9.10. The van der Waals surface area contributed by atoms with Crippen molar-refractivity contribution in [3.63, 3.8) is 0 Å². The van der Waals surface area contributed by atoms with E-state index in [-0.39, 0.29) is 6.10 Å². The topological polar surface area (TPSA) is 99.1 Å². The second-order valence-corrected chi connectivity index (χ2v) is 6.48. The number of carboxylic acids is 2. The summed E-state index contributed by atoms with van der Waals surface area (Å²) < 4.78 is 0. The van der Waals surface area contributed by atoms with Crippen LogP contribution in [0.15, 0.2) is 48.5 Å². The normalized spacial score (nSPS) is 19.7. The zero-order valence-electron chi connectivity index (χ0n) is 15.0. The van der Waals surface area contributed by atoms with Crippen LogP contribution in [-0.4, -0.2) is 41.8 Å². The molecule has 2 aromatic carbocycles. The van der Waals surface area contributed by atoms with Gasteiger partial charge >= 0.3 is 11.9 Å². The third kappa shape index (κ3) is 4.10. The van der Waals surface area contributed by atoms with E-state index in [0.29, 0.717) is 6.04 Å². The summed E-state index contributed by atoms with van der Waals surface area (Å²) in [6.45, 7) is 0.886. The minimum atomic E-state index is -1.82. The summed E-state index contributed by atoms with van der Waals surface area (Å²) in [4.78, 5) is 24.4. The maximum absolute atomic E-state index is 9.10. The summed E-state index contributed by atoms with van der Waals surface area (Å²) in [5.74, 6) is -3.65. The smallest absolute Gasteiger partial charge is 0.414 e. The molecule has 142 valence electrons. The molecule has 1 fully saturated rings. The van der Waals surface area contributed by atoms with Gasteiger partial charge in [-0.1, -0.05) is 42.5 Å². The lowest BCUT2D eigenvalue weighted by atomic mass is 9.95. The number of nitrogens with one attached hydrogen (secondary N) is 1. The molecule has 27 heavy (non-hydrogen) atoms. The quantitative estimate of drug-likeness (QED) is 0.697. The third-order valence-electron chi connectivity index (χ3n) is 4.67. The van der Waals surface area contributed by atoms with Crippen molar-refractivity contribution in [1.29, 1.82) is 0 Å². The molecule has 2 aromatic rings. The number of fused-ring (bicyclic) bond motifs is 5. The molecule has 2 heterocycles. The van der Waals surface area contributed by atoms with Gasteiger partial charge in [0.05, 0.1) is 11.7 Å². The van der Waals surface area contributed by atoms with Crippen molar-refractivity contribution in [3.8, 4) is 0 Å². The number of hydrogen-bond donors (Lipinski definition) is 3. The Hall–Kier alpha value is -2.90. The molecule has 0 saturated carbocycles. The highest BCUT2D eigenvalue weighted by molar-refractivity contribution is 6.27. The lowest BCUT2D eigenvalue weighted by molar-refractivity contribution is -0.159. The van der Waals surface area contributed by atoms with E-state index < -0.39 is 11.9 Å². The van der Waals surface area contributed by atoms with Crippen LogP contribution in [0.4, 0.5) is 5.69 Å². The van der Waals surface area contributed by atoms with Crippen LogP contribution in [0.3, 0.4) is 0 Å². The van der Waals surface area contributed by atoms with Gasteiger partial charge in [0, 0.05) is 13.0 Å². The number of nitrogens with zero attached hydrogens (tertiary/aromatic N) is 1. The molecule has 0 aromatic heterocycles. The van der Waals surface area contributed by atoms with E-state index in [4.69, 9.17) is 24.6 Å². The molecule has 0 bridgehead atoms. The summed E-state index contributed by atoms with van der Waals surface area (Å²) in [6.07, 6.45) is 2.25. The van der Waals surface area contributed by atoms with Crippen LogP contribution in [0.25, 0.3) is 0 Å². The predicted molar refractivity (Wildman–Crippen MR) is 99.6 cm³/mol. The molecule has 0 radical (unpaired) electrons. The van der Waals surface area contributed by atoms with Crippen molar-refractivity contribution in [1.82, 2.24) is 5.32 Å². The fourth-order valence-corrected chi connectivity index (χ4v) is 3.55. The first-order valence-electron chi connectivity index (χ1n) is 8.73. The Balaban J connectivity index is 0.000000307. The van der Waals surface area contributed by atoms with Crippen molar-refractivity contribution >= 4 is 17.6 Å².